The van der Waals surface area contributed by atoms with Gasteiger partial charge in [0.15, 0.2) is 0 Å². The summed E-state index contributed by atoms with van der Waals surface area (Å²) in [6, 6.07) is 11.1. The zero-order chi connectivity index (χ0) is 13.8. The lowest BCUT2D eigenvalue weighted by atomic mass is 9.97. The zero-order valence-electron chi connectivity index (χ0n) is 12.1. The van der Waals surface area contributed by atoms with Crippen molar-refractivity contribution >= 4 is 0 Å². The Bertz CT molecular complexity index is 455. The molecule has 0 N–H and O–H groups in total. The quantitative estimate of drug-likeness (QED) is 0.833. The van der Waals surface area contributed by atoms with Crippen LogP contribution in [0.1, 0.15) is 30.0 Å². The van der Waals surface area contributed by atoms with Crippen molar-refractivity contribution in [1.82, 2.24) is 9.80 Å². The number of piperidine rings is 1. The molecule has 0 bridgehead atoms. The Hall–Kier alpha value is -1.37. The predicted molar refractivity (Wildman–Crippen MR) is 77.8 cm³/mol. The molecule has 0 amide bonds. The van der Waals surface area contributed by atoms with Gasteiger partial charge in [-0.1, -0.05) is 24.3 Å². The van der Waals surface area contributed by atoms with Crippen molar-refractivity contribution in [2.75, 3.05) is 27.2 Å². The van der Waals surface area contributed by atoms with Crippen LogP contribution in [0.15, 0.2) is 24.3 Å². The van der Waals surface area contributed by atoms with Gasteiger partial charge in [-0.2, -0.15) is 5.26 Å². The number of benzene rings is 1. The normalized spacial score (nSPS) is 19.3. The van der Waals surface area contributed by atoms with Crippen molar-refractivity contribution in [3.8, 4) is 6.07 Å². The Morgan fingerprint density at radius 1 is 1.32 bits per heavy atom. The van der Waals surface area contributed by atoms with Gasteiger partial charge in [0.2, 0.25) is 0 Å². The number of hydrogen-bond acceptors (Lipinski definition) is 3. The van der Waals surface area contributed by atoms with E-state index in [4.69, 9.17) is 0 Å². The van der Waals surface area contributed by atoms with E-state index in [-0.39, 0.29) is 6.04 Å². The Morgan fingerprint density at radius 2 is 1.95 bits per heavy atom. The van der Waals surface area contributed by atoms with Crippen molar-refractivity contribution < 1.29 is 0 Å². The number of likely N-dealkylation sites (tertiary alicyclic amines) is 1. The van der Waals surface area contributed by atoms with Gasteiger partial charge < -0.3 is 4.90 Å². The lowest BCUT2D eigenvalue weighted by molar-refractivity contribution is 0.126. The molecule has 0 spiro atoms. The highest BCUT2D eigenvalue weighted by Crippen LogP contribution is 2.27. The van der Waals surface area contributed by atoms with Gasteiger partial charge in [0.05, 0.1) is 6.07 Å². The molecule has 1 aliphatic heterocycles. The molecule has 1 aromatic carbocycles. The molecule has 0 radical (unpaired) electrons. The van der Waals surface area contributed by atoms with Crippen molar-refractivity contribution in [1.29, 1.82) is 5.26 Å². The van der Waals surface area contributed by atoms with Gasteiger partial charge >= 0.3 is 0 Å². The van der Waals surface area contributed by atoms with Gasteiger partial charge in [0.1, 0.15) is 6.04 Å². The summed E-state index contributed by atoms with van der Waals surface area (Å²) in [5.74, 6) is 0. The number of rotatable bonds is 3. The van der Waals surface area contributed by atoms with Crippen LogP contribution in [0.5, 0.6) is 0 Å². The van der Waals surface area contributed by atoms with Gasteiger partial charge in [0, 0.05) is 6.04 Å². The molecule has 1 aliphatic rings. The maximum Gasteiger partial charge on any atom is 0.124 e. The van der Waals surface area contributed by atoms with E-state index in [1.807, 2.05) is 12.1 Å². The van der Waals surface area contributed by atoms with Crippen LogP contribution in [0.25, 0.3) is 0 Å². The third-order valence-electron chi connectivity index (χ3n) is 4.28. The summed E-state index contributed by atoms with van der Waals surface area (Å²) in [5.41, 5.74) is 2.35. The monoisotopic (exact) mass is 257 g/mol. The Balaban J connectivity index is 2.14. The van der Waals surface area contributed by atoms with Crippen molar-refractivity contribution in [3.63, 3.8) is 0 Å². The lowest BCUT2D eigenvalue weighted by Gasteiger charge is -2.37. The average Bonchev–Trinajstić information content (AvgIpc) is 2.42. The summed E-state index contributed by atoms with van der Waals surface area (Å²) < 4.78 is 0. The highest BCUT2D eigenvalue weighted by Gasteiger charge is 2.27. The van der Waals surface area contributed by atoms with Gasteiger partial charge in [0.25, 0.3) is 0 Å². The molecule has 102 valence electrons. The Labute approximate surface area is 116 Å². The second-order valence-corrected chi connectivity index (χ2v) is 5.59. The summed E-state index contributed by atoms with van der Waals surface area (Å²) in [4.78, 5) is 4.62. The minimum atomic E-state index is -0.130. The van der Waals surface area contributed by atoms with Crippen LogP contribution in [-0.2, 0) is 0 Å². The van der Waals surface area contributed by atoms with E-state index in [1.165, 1.54) is 5.56 Å². The second-order valence-electron chi connectivity index (χ2n) is 5.59. The fourth-order valence-corrected chi connectivity index (χ4v) is 2.89. The number of aryl methyl sites for hydroxylation is 1. The fourth-order valence-electron chi connectivity index (χ4n) is 2.89. The molecule has 1 fully saturated rings. The summed E-state index contributed by atoms with van der Waals surface area (Å²) in [6.45, 7) is 4.34. The van der Waals surface area contributed by atoms with E-state index in [1.54, 1.807) is 0 Å². The second kappa shape index (κ2) is 6.18. The van der Waals surface area contributed by atoms with Crippen LogP contribution in [0, 0.1) is 18.3 Å². The maximum atomic E-state index is 9.55. The topological polar surface area (TPSA) is 30.3 Å². The van der Waals surface area contributed by atoms with Crippen LogP contribution < -0.4 is 0 Å². The molecular formula is C16H23N3. The molecular weight excluding hydrogens is 234 g/mol. The third-order valence-corrected chi connectivity index (χ3v) is 4.28. The molecule has 1 heterocycles. The molecule has 1 aromatic rings. The van der Waals surface area contributed by atoms with E-state index in [0.717, 1.165) is 31.5 Å². The highest BCUT2D eigenvalue weighted by atomic mass is 15.2. The summed E-state index contributed by atoms with van der Waals surface area (Å²) in [7, 11) is 4.26. The zero-order valence-corrected chi connectivity index (χ0v) is 12.1. The molecule has 2 rings (SSSR count). The van der Waals surface area contributed by atoms with Crippen molar-refractivity contribution in [2.45, 2.75) is 31.8 Å². The average molecular weight is 257 g/mol. The largest absolute Gasteiger partial charge is 0.306 e. The molecule has 3 heteroatoms. The van der Waals surface area contributed by atoms with Crippen LogP contribution in [0.2, 0.25) is 0 Å². The summed E-state index contributed by atoms with van der Waals surface area (Å²) in [5, 5.41) is 9.55. The SMILES string of the molecule is Cc1ccccc1C(C#N)N(C)C1CCN(C)CC1. The van der Waals surface area contributed by atoms with Crippen LogP contribution in [-0.4, -0.2) is 43.0 Å². The summed E-state index contributed by atoms with van der Waals surface area (Å²) >= 11 is 0. The minimum Gasteiger partial charge on any atom is -0.306 e. The molecule has 0 aromatic heterocycles. The van der Waals surface area contributed by atoms with E-state index >= 15 is 0 Å². The molecule has 0 aliphatic carbocycles. The first kappa shape index (κ1) is 14.0. The van der Waals surface area contributed by atoms with Crippen LogP contribution >= 0.6 is 0 Å². The Morgan fingerprint density at radius 3 is 2.53 bits per heavy atom. The molecule has 1 unspecified atom stereocenters. The molecule has 3 nitrogen and oxygen atoms in total. The van der Waals surface area contributed by atoms with E-state index in [9.17, 15) is 5.26 Å². The number of hydrogen-bond donors (Lipinski definition) is 0. The molecule has 1 atom stereocenters. The molecule has 19 heavy (non-hydrogen) atoms. The van der Waals surface area contributed by atoms with Gasteiger partial charge in [-0.05, 0) is 58.1 Å². The summed E-state index contributed by atoms with van der Waals surface area (Å²) in [6.07, 6.45) is 2.30. The van der Waals surface area contributed by atoms with Gasteiger partial charge in [-0.3, -0.25) is 4.90 Å². The van der Waals surface area contributed by atoms with Gasteiger partial charge in [-0.25, -0.2) is 0 Å². The van der Waals surface area contributed by atoms with E-state index < -0.39 is 0 Å². The highest BCUT2D eigenvalue weighted by molar-refractivity contribution is 5.32. The first-order valence-electron chi connectivity index (χ1n) is 6.99. The third kappa shape index (κ3) is 3.15. The first-order valence-corrected chi connectivity index (χ1v) is 6.99. The van der Waals surface area contributed by atoms with Crippen molar-refractivity contribution in [3.05, 3.63) is 35.4 Å². The minimum absolute atomic E-state index is 0.130. The fraction of sp³-hybridized carbons (Fsp3) is 0.562. The smallest absolute Gasteiger partial charge is 0.124 e. The predicted octanol–water partition coefficient (Wildman–Crippen LogP) is 2.59. The Kier molecular flexibility index (Phi) is 4.57. The maximum absolute atomic E-state index is 9.55. The first-order chi connectivity index (χ1) is 9.13. The van der Waals surface area contributed by atoms with Crippen LogP contribution in [0.3, 0.4) is 0 Å². The number of nitriles is 1. The van der Waals surface area contributed by atoms with E-state index in [2.05, 4.69) is 49.0 Å². The molecule has 0 saturated carbocycles. The molecule has 1 saturated heterocycles. The lowest BCUT2D eigenvalue weighted by Crippen LogP contribution is -2.43. The van der Waals surface area contributed by atoms with Crippen LogP contribution in [0.4, 0.5) is 0 Å². The van der Waals surface area contributed by atoms with E-state index in [0.29, 0.717) is 6.04 Å². The van der Waals surface area contributed by atoms with Gasteiger partial charge in [-0.15, -0.1) is 0 Å². The standard InChI is InChI=1S/C16H23N3/c1-13-6-4-5-7-15(13)16(12-17)19(3)14-8-10-18(2)11-9-14/h4-7,14,16H,8-11H2,1-3H3. The van der Waals surface area contributed by atoms with Crippen molar-refractivity contribution in [2.24, 2.45) is 0 Å². The number of nitrogens with zero attached hydrogens (tertiary/aromatic N) is 3.